The van der Waals surface area contributed by atoms with E-state index < -0.39 is 10.0 Å². The predicted molar refractivity (Wildman–Crippen MR) is 88.2 cm³/mol. The van der Waals surface area contributed by atoms with E-state index in [0.717, 1.165) is 10.6 Å². The quantitative estimate of drug-likeness (QED) is 0.718. The van der Waals surface area contributed by atoms with Crippen LogP contribution in [0.1, 0.15) is 13.8 Å². The average molecular weight is 344 g/mol. The summed E-state index contributed by atoms with van der Waals surface area (Å²) in [5.41, 5.74) is 0. The monoisotopic (exact) mass is 344 g/mol. The lowest BCUT2D eigenvalue weighted by atomic mass is 10.3. The van der Waals surface area contributed by atoms with Crippen LogP contribution in [0.2, 0.25) is 0 Å². The Morgan fingerprint density at radius 1 is 1.22 bits per heavy atom. The van der Waals surface area contributed by atoms with Crippen LogP contribution in [0.5, 0.6) is 11.5 Å². The molecule has 8 heteroatoms. The number of amides is 1. The Morgan fingerprint density at radius 3 is 2.26 bits per heavy atom. The topological polar surface area (TPSA) is 84.9 Å². The summed E-state index contributed by atoms with van der Waals surface area (Å²) in [6, 6.07) is 6.92. The van der Waals surface area contributed by atoms with Gasteiger partial charge >= 0.3 is 0 Å². The van der Waals surface area contributed by atoms with E-state index in [1.807, 2.05) is 13.8 Å². The first kappa shape index (κ1) is 19.2. The summed E-state index contributed by atoms with van der Waals surface area (Å²) >= 11 is 0. The summed E-state index contributed by atoms with van der Waals surface area (Å²) < 4.78 is 35.1. The number of benzene rings is 1. The summed E-state index contributed by atoms with van der Waals surface area (Å²) in [5.74, 6) is 0.973. The number of hydrogen-bond donors (Lipinski definition) is 1. The molecule has 0 saturated carbocycles. The number of carbonyl (C=O) groups excluding carboxylic acids is 1. The fourth-order valence-corrected chi connectivity index (χ4v) is 2.59. The van der Waals surface area contributed by atoms with Gasteiger partial charge in [-0.3, -0.25) is 4.79 Å². The molecule has 23 heavy (non-hydrogen) atoms. The van der Waals surface area contributed by atoms with Crippen LogP contribution < -0.4 is 14.8 Å². The molecule has 0 aliphatic heterocycles. The van der Waals surface area contributed by atoms with Gasteiger partial charge in [0.05, 0.1) is 19.9 Å². The van der Waals surface area contributed by atoms with Crippen LogP contribution in [0.15, 0.2) is 24.3 Å². The smallest absolute Gasteiger partial charge is 0.235 e. The fourth-order valence-electron chi connectivity index (χ4n) is 1.83. The van der Waals surface area contributed by atoms with Crippen LogP contribution in [0.3, 0.4) is 0 Å². The molecule has 0 aromatic heterocycles. The molecule has 1 aromatic carbocycles. The largest absolute Gasteiger partial charge is 0.497 e. The number of ether oxygens (including phenoxy) is 2. The number of methoxy groups -OCH3 is 1. The number of carbonyl (C=O) groups is 1. The van der Waals surface area contributed by atoms with Gasteiger partial charge in [0.25, 0.3) is 0 Å². The molecule has 0 aliphatic rings. The Morgan fingerprint density at radius 2 is 1.78 bits per heavy atom. The van der Waals surface area contributed by atoms with Crippen LogP contribution in [0.25, 0.3) is 0 Å². The van der Waals surface area contributed by atoms with Gasteiger partial charge < -0.3 is 14.8 Å². The second-order valence-corrected chi connectivity index (χ2v) is 7.33. The molecule has 7 nitrogen and oxygen atoms in total. The van der Waals surface area contributed by atoms with Crippen LogP contribution in [-0.2, 0) is 14.8 Å². The van der Waals surface area contributed by atoms with E-state index in [4.69, 9.17) is 9.47 Å². The molecular formula is C15H24N2O5S. The molecule has 0 unspecified atom stereocenters. The Balaban J connectivity index is 2.55. The minimum atomic E-state index is -3.49. The molecule has 0 heterocycles. The summed E-state index contributed by atoms with van der Waals surface area (Å²) in [6.45, 7) is 3.65. The molecule has 0 atom stereocenters. The predicted octanol–water partition coefficient (Wildman–Crippen LogP) is 0.860. The number of hydrogen-bond acceptors (Lipinski definition) is 5. The van der Waals surface area contributed by atoms with Crippen molar-refractivity contribution in [2.45, 2.75) is 19.9 Å². The van der Waals surface area contributed by atoms with E-state index in [9.17, 15) is 13.2 Å². The molecular weight excluding hydrogens is 320 g/mol. The third kappa shape index (κ3) is 7.34. The van der Waals surface area contributed by atoms with Crippen molar-refractivity contribution in [2.75, 3.05) is 33.1 Å². The molecule has 130 valence electrons. The zero-order valence-corrected chi connectivity index (χ0v) is 14.7. The second kappa shape index (κ2) is 8.73. The van der Waals surface area contributed by atoms with E-state index >= 15 is 0 Å². The second-order valence-electron chi connectivity index (χ2n) is 5.34. The van der Waals surface area contributed by atoms with Crippen molar-refractivity contribution in [2.24, 2.45) is 0 Å². The van der Waals surface area contributed by atoms with Crippen LogP contribution in [0.4, 0.5) is 0 Å². The van der Waals surface area contributed by atoms with Gasteiger partial charge in [0, 0.05) is 12.6 Å². The fraction of sp³-hybridized carbons (Fsp3) is 0.533. The Kier molecular flexibility index (Phi) is 7.31. The first-order valence-corrected chi connectivity index (χ1v) is 9.08. The van der Waals surface area contributed by atoms with Crippen LogP contribution in [-0.4, -0.2) is 57.7 Å². The van der Waals surface area contributed by atoms with Gasteiger partial charge in [-0.1, -0.05) is 0 Å². The van der Waals surface area contributed by atoms with Gasteiger partial charge in [-0.2, -0.15) is 4.31 Å². The van der Waals surface area contributed by atoms with E-state index in [-0.39, 0.29) is 31.6 Å². The van der Waals surface area contributed by atoms with Crippen molar-refractivity contribution >= 4 is 15.9 Å². The van der Waals surface area contributed by atoms with Crippen molar-refractivity contribution in [1.29, 1.82) is 0 Å². The minimum absolute atomic E-state index is 0.0422. The molecule has 1 N–H and O–H groups in total. The van der Waals surface area contributed by atoms with E-state index in [0.29, 0.717) is 11.5 Å². The third-order valence-electron chi connectivity index (χ3n) is 2.91. The van der Waals surface area contributed by atoms with Crippen molar-refractivity contribution in [1.82, 2.24) is 9.62 Å². The minimum Gasteiger partial charge on any atom is -0.497 e. The summed E-state index contributed by atoms with van der Waals surface area (Å²) in [6.07, 6.45) is 1.07. The molecule has 1 rings (SSSR count). The van der Waals surface area contributed by atoms with Crippen molar-refractivity contribution in [3.63, 3.8) is 0 Å². The van der Waals surface area contributed by atoms with Crippen molar-refractivity contribution in [3.8, 4) is 11.5 Å². The molecule has 0 radical (unpaired) electrons. The lowest BCUT2D eigenvalue weighted by molar-refractivity contribution is -0.121. The standard InChI is InChI=1S/C15H24N2O5S/c1-12(2)16-15(18)11-17(23(4,19)20)9-10-22-14-7-5-13(21-3)6-8-14/h5-8,12H,9-11H2,1-4H3,(H,16,18). The molecule has 1 aromatic rings. The SMILES string of the molecule is COc1ccc(OCCN(CC(=O)NC(C)C)S(C)(=O)=O)cc1. The first-order valence-electron chi connectivity index (χ1n) is 7.23. The number of nitrogens with one attached hydrogen (secondary N) is 1. The molecule has 0 spiro atoms. The number of sulfonamides is 1. The normalized spacial score (nSPS) is 11.6. The van der Waals surface area contributed by atoms with E-state index in [1.54, 1.807) is 31.4 Å². The maximum Gasteiger partial charge on any atom is 0.235 e. The van der Waals surface area contributed by atoms with Crippen LogP contribution >= 0.6 is 0 Å². The van der Waals surface area contributed by atoms with E-state index in [1.165, 1.54) is 0 Å². The summed E-state index contributed by atoms with van der Waals surface area (Å²) in [4.78, 5) is 11.7. The van der Waals surface area contributed by atoms with Crippen molar-refractivity contribution < 1.29 is 22.7 Å². The number of nitrogens with zero attached hydrogens (tertiary/aromatic N) is 1. The summed E-state index contributed by atoms with van der Waals surface area (Å²) in [7, 11) is -1.92. The van der Waals surface area contributed by atoms with E-state index in [2.05, 4.69) is 5.32 Å². The maximum atomic E-state index is 11.8. The van der Waals surface area contributed by atoms with Gasteiger partial charge in [0.2, 0.25) is 15.9 Å². The highest BCUT2D eigenvalue weighted by atomic mass is 32.2. The van der Waals surface area contributed by atoms with Gasteiger partial charge in [0.15, 0.2) is 0 Å². The molecule has 0 aliphatic carbocycles. The summed E-state index contributed by atoms with van der Waals surface area (Å²) in [5, 5.41) is 2.67. The molecule has 0 saturated heterocycles. The molecule has 0 fully saturated rings. The average Bonchev–Trinajstić information content (AvgIpc) is 2.45. The zero-order valence-electron chi connectivity index (χ0n) is 13.9. The Hall–Kier alpha value is -1.80. The van der Waals surface area contributed by atoms with Gasteiger partial charge in [-0.25, -0.2) is 8.42 Å². The highest BCUT2D eigenvalue weighted by Gasteiger charge is 2.20. The zero-order chi connectivity index (χ0) is 17.5. The van der Waals surface area contributed by atoms with Gasteiger partial charge in [-0.05, 0) is 38.1 Å². The van der Waals surface area contributed by atoms with Gasteiger partial charge in [-0.15, -0.1) is 0 Å². The Labute approximate surface area is 137 Å². The van der Waals surface area contributed by atoms with Gasteiger partial charge in [0.1, 0.15) is 18.1 Å². The molecule has 1 amide bonds. The third-order valence-corrected chi connectivity index (χ3v) is 4.16. The highest BCUT2D eigenvalue weighted by molar-refractivity contribution is 7.88. The first-order chi connectivity index (χ1) is 10.7. The molecule has 0 bridgehead atoms. The lowest BCUT2D eigenvalue weighted by Crippen LogP contribution is -2.43. The highest BCUT2D eigenvalue weighted by Crippen LogP contribution is 2.16. The van der Waals surface area contributed by atoms with Crippen LogP contribution in [0, 0.1) is 0 Å². The van der Waals surface area contributed by atoms with Crippen molar-refractivity contribution in [3.05, 3.63) is 24.3 Å². The number of rotatable bonds is 9. The maximum absolute atomic E-state index is 11.8. The Bertz CT molecular complexity index is 599. The lowest BCUT2D eigenvalue weighted by Gasteiger charge is -2.20.